The van der Waals surface area contributed by atoms with E-state index in [1.54, 1.807) is 6.92 Å². The van der Waals surface area contributed by atoms with E-state index in [-0.39, 0.29) is 13.0 Å². The molecular formula is C10H15F3O3. The fraction of sp³-hybridized carbons (Fsp3) is 0.900. The molecule has 1 rings (SSSR count). The smallest absolute Gasteiger partial charge is 0.417 e. The Kier molecular flexibility index (Phi) is 3.52. The summed E-state index contributed by atoms with van der Waals surface area (Å²) >= 11 is 0. The number of esters is 1. The lowest BCUT2D eigenvalue weighted by atomic mass is 9.89. The van der Waals surface area contributed by atoms with Gasteiger partial charge >= 0.3 is 12.1 Å². The molecule has 0 aromatic heterocycles. The number of ether oxygens (including phenoxy) is 2. The van der Waals surface area contributed by atoms with Crippen molar-refractivity contribution in [1.82, 2.24) is 0 Å². The topological polar surface area (TPSA) is 35.5 Å². The highest BCUT2D eigenvalue weighted by Crippen LogP contribution is 2.46. The summed E-state index contributed by atoms with van der Waals surface area (Å²) in [5, 5.41) is 0. The zero-order valence-electron chi connectivity index (χ0n) is 9.43. The molecule has 1 aliphatic heterocycles. The van der Waals surface area contributed by atoms with Crippen molar-refractivity contribution in [2.45, 2.75) is 45.1 Å². The average Bonchev–Trinajstić information content (AvgIpc) is 2.44. The fourth-order valence-electron chi connectivity index (χ4n) is 1.73. The molecule has 3 nitrogen and oxygen atoms in total. The van der Waals surface area contributed by atoms with Crippen LogP contribution in [0.3, 0.4) is 0 Å². The minimum atomic E-state index is -4.48. The van der Waals surface area contributed by atoms with Crippen LogP contribution in [0.15, 0.2) is 0 Å². The van der Waals surface area contributed by atoms with Crippen molar-refractivity contribution in [2.24, 2.45) is 5.92 Å². The highest BCUT2D eigenvalue weighted by molar-refractivity contribution is 5.75. The molecule has 0 aromatic rings. The predicted molar refractivity (Wildman–Crippen MR) is 49.7 cm³/mol. The van der Waals surface area contributed by atoms with Crippen molar-refractivity contribution >= 4 is 5.97 Å². The zero-order valence-corrected chi connectivity index (χ0v) is 9.43. The van der Waals surface area contributed by atoms with Crippen LogP contribution in [-0.2, 0) is 14.3 Å². The number of hydrogen-bond donors (Lipinski definition) is 0. The van der Waals surface area contributed by atoms with Gasteiger partial charge in [-0.15, -0.1) is 0 Å². The maximum Gasteiger partial charge on any atom is 0.417 e. The third-order valence-electron chi connectivity index (χ3n) is 3.01. The third kappa shape index (κ3) is 2.16. The first-order valence-electron chi connectivity index (χ1n) is 5.13. The van der Waals surface area contributed by atoms with Gasteiger partial charge in [0.15, 0.2) is 11.7 Å². The molecular weight excluding hydrogens is 225 g/mol. The Balaban J connectivity index is 2.78. The van der Waals surface area contributed by atoms with E-state index in [4.69, 9.17) is 4.74 Å². The Hall–Kier alpha value is -0.780. The van der Waals surface area contributed by atoms with E-state index in [2.05, 4.69) is 4.74 Å². The van der Waals surface area contributed by atoms with Gasteiger partial charge in [0, 0.05) is 0 Å². The van der Waals surface area contributed by atoms with Crippen molar-refractivity contribution < 1.29 is 27.4 Å². The van der Waals surface area contributed by atoms with Crippen LogP contribution in [0.25, 0.3) is 0 Å². The summed E-state index contributed by atoms with van der Waals surface area (Å²) in [5.74, 6) is -1.48. The summed E-state index contributed by atoms with van der Waals surface area (Å²) in [5.41, 5.74) is -2.26. The highest BCUT2D eigenvalue weighted by Gasteiger charge is 2.61. The summed E-state index contributed by atoms with van der Waals surface area (Å²) in [7, 11) is 0. The summed E-state index contributed by atoms with van der Waals surface area (Å²) in [6.07, 6.45) is -5.55. The molecule has 1 aliphatic rings. The summed E-state index contributed by atoms with van der Waals surface area (Å²) < 4.78 is 47.7. The van der Waals surface area contributed by atoms with Gasteiger partial charge in [0.1, 0.15) is 0 Å². The van der Waals surface area contributed by atoms with Gasteiger partial charge in [0.05, 0.1) is 6.61 Å². The van der Waals surface area contributed by atoms with E-state index in [1.165, 1.54) is 6.92 Å². The molecule has 0 saturated carbocycles. The zero-order chi connectivity index (χ0) is 12.6. The molecule has 3 unspecified atom stereocenters. The second-order valence-electron chi connectivity index (χ2n) is 4.10. The van der Waals surface area contributed by atoms with E-state index in [0.29, 0.717) is 0 Å². The third-order valence-corrected chi connectivity index (χ3v) is 3.01. The molecule has 0 bridgehead atoms. The number of carbonyl (C=O) groups is 1. The van der Waals surface area contributed by atoms with E-state index < -0.39 is 29.8 Å². The molecule has 1 saturated heterocycles. The molecule has 16 heavy (non-hydrogen) atoms. The lowest BCUT2D eigenvalue weighted by Gasteiger charge is -2.30. The number of hydrogen-bond acceptors (Lipinski definition) is 3. The van der Waals surface area contributed by atoms with Crippen molar-refractivity contribution in [2.75, 3.05) is 6.61 Å². The maximum absolute atomic E-state index is 12.7. The minimum Gasteiger partial charge on any atom is -0.464 e. The van der Waals surface area contributed by atoms with Crippen LogP contribution in [0, 0.1) is 5.92 Å². The highest BCUT2D eigenvalue weighted by atomic mass is 19.4. The van der Waals surface area contributed by atoms with E-state index in [9.17, 15) is 18.0 Å². The van der Waals surface area contributed by atoms with Crippen LogP contribution >= 0.6 is 0 Å². The molecule has 0 aliphatic carbocycles. The molecule has 0 spiro atoms. The second-order valence-corrected chi connectivity index (χ2v) is 4.10. The first-order valence-corrected chi connectivity index (χ1v) is 5.13. The van der Waals surface area contributed by atoms with Crippen LogP contribution in [0.1, 0.15) is 27.2 Å². The number of halogens is 3. The number of carbonyl (C=O) groups excluding carboxylic acids is 1. The van der Waals surface area contributed by atoms with Crippen LogP contribution in [0.4, 0.5) is 13.2 Å². The molecule has 0 radical (unpaired) electrons. The Morgan fingerprint density at radius 3 is 2.50 bits per heavy atom. The monoisotopic (exact) mass is 240 g/mol. The van der Waals surface area contributed by atoms with Gasteiger partial charge in [-0.25, -0.2) is 4.79 Å². The number of alkyl halides is 3. The molecule has 94 valence electrons. The minimum absolute atomic E-state index is 0.0366. The summed E-state index contributed by atoms with van der Waals surface area (Å²) in [4.78, 5) is 11.3. The molecule has 0 amide bonds. The van der Waals surface area contributed by atoms with Crippen LogP contribution < -0.4 is 0 Å². The predicted octanol–water partition coefficient (Wildman–Crippen LogP) is 2.30. The SMILES string of the molecule is CCOC(=O)C1CC(C)C(C)(C(F)(F)F)O1. The van der Waals surface area contributed by atoms with Crippen molar-refractivity contribution in [3.8, 4) is 0 Å². The Labute approximate surface area is 91.9 Å². The van der Waals surface area contributed by atoms with Crippen LogP contribution in [0.2, 0.25) is 0 Å². The van der Waals surface area contributed by atoms with E-state index in [1.807, 2.05) is 0 Å². The molecule has 0 N–H and O–H groups in total. The number of rotatable bonds is 2. The Morgan fingerprint density at radius 1 is 1.56 bits per heavy atom. The Bertz CT molecular complexity index is 277. The lowest BCUT2D eigenvalue weighted by Crippen LogP contribution is -2.46. The van der Waals surface area contributed by atoms with E-state index in [0.717, 1.165) is 6.92 Å². The summed E-state index contributed by atoms with van der Waals surface area (Å²) in [6.45, 7) is 4.12. The molecule has 6 heteroatoms. The largest absolute Gasteiger partial charge is 0.464 e. The fourth-order valence-corrected chi connectivity index (χ4v) is 1.73. The van der Waals surface area contributed by atoms with Crippen molar-refractivity contribution in [3.63, 3.8) is 0 Å². The van der Waals surface area contributed by atoms with Crippen LogP contribution in [-0.4, -0.2) is 30.5 Å². The normalized spacial score (nSPS) is 35.1. The van der Waals surface area contributed by atoms with Gasteiger partial charge < -0.3 is 9.47 Å². The molecule has 3 atom stereocenters. The maximum atomic E-state index is 12.7. The first-order chi connectivity index (χ1) is 7.22. The lowest BCUT2D eigenvalue weighted by molar-refractivity contribution is -0.274. The molecule has 0 aromatic carbocycles. The first kappa shape index (κ1) is 13.3. The molecule has 1 fully saturated rings. The van der Waals surface area contributed by atoms with Crippen LogP contribution in [0.5, 0.6) is 0 Å². The van der Waals surface area contributed by atoms with Gasteiger partial charge in [-0.3, -0.25) is 0 Å². The second kappa shape index (κ2) is 4.24. The quantitative estimate of drug-likeness (QED) is 0.695. The average molecular weight is 240 g/mol. The standard InChI is InChI=1S/C10H15F3O3/c1-4-15-8(14)7-5-6(2)9(3,16-7)10(11,12)13/h6-7H,4-5H2,1-3H3. The molecule has 1 heterocycles. The van der Waals surface area contributed by atoms with Gasteiger partial charge in [-0.2, -0.15) is 13.2 Å². The van der Waals surface area contributed by atoms with Crippen molar-refractivity contribution in [3.05, 3.63) is 0 Å². The Morgan fingerprint density at radius 2 is 2.12 bits per heavy atom. The van der Waals surface area contributed by atoms with Gasteiger partial charge in [-0.1, -0.05) is 6.92 Å². The van der Waals surface area contributed by atoms with E-state index >= 15 is 0 Å². The van der Waals surface area contributed by atoms with Gasteiger partial charge in [0.2, 0.25) is 0 Å². The van der Waals surface area contributed by atoms with Gasteiger partial charge in [0.25, 0.3) is 0 Å². The van der Waals surface area contributed by atoms with Gasteiger partial charge in [-0.05, 0) is 26.2 Å². The van der Waals surface area contributed by atoms with Crippen molar-refractivity contribution in [1.29, 1.82) is 0 Å². The summed E-state index contributed by atoms with van der Waals surface area (Å²) in [6, 6.07) is 0.